The number of ether oxygens (including phenoxy) is 2. The second kappa shape index (κ2) is 10.2. The van der Waals surface area contributed by atoms with Gasteiger partial charge in [-0.2, -0.15) is 5.26 Å². The molecule has 8 heteroatoms. The first-order chi connectivity index (χ1) is 13.0. The Hall–Kier alpha value is -3.01. The minimum atomic E-state index is -0.674. The Morgan fingerprint density at radius 1 is 1.15 bits per heavy atom. The van der Waals surface area contributed by atoms with E-state index in [2.05, 4.69) is 5.32 Å². The molecule has 0 saturated carbocycles. The molecule has 0 atom stereocenters. The molecule has 0 saturated heterocycles. The van der Waals surface area contributed by atoms with Crippen molar-refractivity contribution in [3.8, 4) is 11.8 Å². The molecule has 27 heavy (non-hydrogen) atoms. The van der Waals surface area contributed by atoms with Gasteiger partial charge in [-0.1, -0.05) is 35.3 Å². The first-order valence-electron chi connectivity index (χ1n) is 7.67. The van der Waals surface area contributed by atoms with Crippen molar-refractivity contribution in [2.24, 2.45) is 0 Å². The number of halogens is 2. The molecule has 0 radical (unpaired) electrons. The van der Waals surface area contributed by atoms with Crippen LogP contribution in [0.2, 0.25) is 10.0 Å². The lowest BCUT2D eigenvalue weighted by molar-refractivity contribution is -0.142. The van der Waals surface area contributed by atoms with Crippen LogP contribution in [0, 0.1) is 11.3 Å². The molecule has 138 valence electrons. The van der Waals surface area contributed by atoms with Crippen molar-refractivity contribution in [3.63, 3.8) is 0 Å². The highest BCUT2D eigenvalue weighted by molar-refractivity contribution is 6.35. The van der Waals surface area contributed by atoms with Crippen LogP contribution in [0.3, 0.4) is 0 Å². The number of benzene rings is 2. The summed E-state index contributed by atoms with van der Waals surface area (Å²) in [7, 11) is 0. The number of rotatable bonds is 7. The lowest BCUT2D eigenvalue weighted by Crippen LogP contribution is -2.20. The van der Waals surface area contributed by atoms with Gasteiger partial charge in [-0.05, 0) is 42.0 Å². The van der Waals surface area contributed by atoms with Gasteiger partial charge >= 0.3 is 5.97 Å². The molecule has 6 nitrogen and oxygen atoms in total. The zero-order valence-electron chi connectivity index (χ0n) is 13.9. The van der Waals surface area contributed by atoms with Crippen LogP contribution < -0.4 is 10.1 Å². The topological polar surface area (TPSA) is 88.4 Å². The average Bonchev–Trinajstić information content (AvgIpc) is 2.66. The van der Waals surface area contributed by atoms with E-state index in [0.29, 0.717) is 21.5 Å². The van der Waals surface area contributed by atoms with Crippen molar-refractivity contribution in [2.45, 2.75) is 0 Å². The van der Waals surface area contributed by atoms with Crippen LogP contribution in [0.4, 0.5) is 5.69 Å². The van der Waals surface area contributed by atoms with Gasteiger partial charge in [0.15, 0.2) is 13.2 Å². The summed E-state index contributed by atoms with van der Waals surface area (Å²) < 4.78 is 10.00. The average molecular weight is 405 g/mol. The van der Waals surface area contributed by atoms with Crippen LogP contribution >= 0.6 is 23.2 Å². The maximum absolute atomic E-state index is 11.8. The van der Waals surface area contributed by atoms with Gasteiger partial charge in [-0.25, -0.2) is 4.79 Å². The molecule has 2 aromatic rings. The van der Waals surface area contributed by atoms with Crippen molar-refractivity contribution in [1.82, 2.24) is 0 Å². The summed E-state index contributed by atoms with van der Waals surface area (Å²) in [5, 5.41) is 11.7. The number of hydrogen-bond acceptors (Lipinski definition) is 5. The van der Waals surface area contributed by atoms with Gasteiger partial charge in [0.05, 0.1) is 10.7 Å². The van der Waals surface area contributed by atoms with Gasteiger partial charge < -0.3 is 14.8 Å². The van der Waals surface area contributed by atoms with Crippen LogP contribution in [0.1, 0.15) is 5.56 Å². The van der Waals surface area contributed by atoms with E-state index in [1.165, 1.54) is 18.2 Å². The molecule has 0 aliphatic rings. The highest BCUT2D eigenvalue weighted by Gasteiger charge is 2.08. The maximum atomic E-state index is 11.8. The number of carbonyl (C=O) groups excluding carboxylic acids is 2. The van der Waals surface area contributed by atoms with Gasteiger partial charge in [0.25, 0.3) is 5.91 Å². The largest absolute Gasteiger partial charge is 0.479 e. The Morgan fingerprint density at radius 2 is 1.89 bits per heavy atom. The zero-order valence-corrected chi connectivity index (χ0v) is 15.5. The van der Waals surface area contributed by atoms with E-state index in [9.17, 15) is 9.59 Å². The van der Waals surface area contributed by atoms with E-state index < -0.39 is 18.5 Å². The molecule has 0 bridgehead atoms. The molecule has 1 amide bonds. The van der Waals surface area contributed by atoms with Crippen molar-refractivity contribution in [2.75, 3.05) is 18.5 Å². The lowest BCUT2D eigenvalue weighted by Gasteiger charge is -2.07. The number of hydrogen-bond donors (Lipinski definition) is 1. The summed E-state index contributed by atoms with van der Waals surface area (Å²) in [4.78, 5) is 23.5. The number of esters is 1. The van der Waals surface area contributed by atoms with Crippen LogP contribution in [-0.2, 0) is 14.3 Å². The zero-order chi connectivity index (χ0) is 19.6. The standard InChI is InChI=1S/C19H14Cl2N2O4/c20-14-4-7-16(21)17(11-14)23-18(24)12-27-19(25)8-3-13-1-5-15(6-2-13)26-10-9-22/h1-8,11H,10,12H2,(H,23,24)/b8-3+. The predicted molar refractivity (Wildman–Crippen MR) is 103 cm³/mol. The monoisotopic (exact) mass is 404 g/mol. The minimum absolute atomic E-state index is 0.0377. The maximum Gasteiger partial charge on any atom is 0.331 e. The van der Waals surface area contributed by atoms with Gasteiger partial charge in [0.1, 0.15) is 11.8 Å². The smallest absolute Gasteiger partial charge is 0.331 e. The molecule has 0 aromatic heterocycles. The number of anilines is 1. The quantitative estimate of drug-likeness (QED) is 0.554. The van der Waals surface area contributed by atoms with Crippen molar-refractivity contribution in [1.29, 1.82) is 5.26 Å². The minimum Gasteiger partial charge on any atom is -0.479 e. The van der Waals surface area contributed by atoms with Crippen LogP contribution in [-0.4, -0.2) is 25.1 Å². The Kier molecular flexibility index (Phi) is 7.68. The van der Waals surface area contributed by atoms with Crippen molar-refractivity contribution in [3.05, 3.63) is 64.1 Å². The van der Waals surface area contributed by atoms with E-state index in [1.807, 2.05) is 6.07 Å². The van der Waals surface area contributed by atoms with Gasteiger partial charge in [0.2, 0.25) is 0 Å². The summed E-state index contributed by atoms with van der Waals surface area (Å²) in [6.07, 6.45) is 2.73. The van der Waals surface area contributed by atoms with Crippen LogP contribution in [0.15, 0.2) is 48.5 Å². The first kappa shape index (κ1) is 20.3. The number of nitrogens with one attached hydrogen (secondary N) is 1. The van der Waals surface area contributed by atoms with Crippen molar-refractivity contribution >= 4 is 46.8 Å². The van der Waals surface area contributed by atoms with Gasteiger partial charge in [-0.3, -0.25) is 4.79 Å². The molecule has 2 aromatic carbocycles. The van der Waals surface area contributed by atoms with Gasteiger partial charge in [-0.15, -0.1) is 0 Å². The van der Waals surface area contributed by atoms with Crippen LogP contribution in [0.5, 0.6) is 5.75 Å². The Balaban J connectivity index is 1.81. The highest BCUT2D eigenvalue weighted by atomic mass is 35.5. The Morgan fingerprint density at radius 3 is 2.59 bits per heavy atom. The molecular weight excluding hydrogens is 391 g/mol. The second-order valence-electron chi connectivity index (χ2n) is 5.13. The van der Waals surface area contributed by atoms with Crippen molar-refractivity contribution < 1.29 is 19.1 Å². The summed E-state index contributed by atoms with van der Waals surface area (Å²) in [6.45, 7) is -0.503. The predicted octanol–water partition coefficient (Wildman–Crippen LogP) is 4.09. The lowest BCUT2D eigenvalue weighted by atomic mass is 10.2. The number of nitriles is 1. The molecule has 0 aliphatic carbocycles. The third kappa shape index (κ3) is 7.02. The van der Waals surface area contributed by atoms with E-state index in [4.69, 9.17) is 37.9 Å². The normalized spacial score (nSPS) is 10.3. The summed E-state index contributed by atoms with van der Waals surface area (Å²) >= 11 is 11.8. The summed E-state index contributed by atoms with van der Waals surface area (Å²) in [5.74, 6) is -0.667. The first-order valence-corrected chi connectivity index (χ1v) is 8.43. The fourth-order valence-electron chi connectivity index (χ4n) is 1.92. The number of nitrogens with zero attached hydrogens (tertiary/aromatic N) is 1. The molecular formula is C19H14Cl2N2O4. The second-order valence-corrected chi connectivity index (χ2v) is 5.97. The summed E-state index contributed by atoms with van der Waals surface area (Å²) in [6, 6.07) is 13.3. The molecule has 2 rings (SSSR count). The molecule has 0 unspecified atom stereocenters. The van der Waals surface area contributed by atoms with E-state index in [-0.39, 0.29) is 6.61 Å². The highest BCUT2D eigenvalue weighted by Crippen LogP contribution is 2.25. The molecule has 0 heterocycles. The Labute approximate surface area is 165 Å². The van der Waals surface area contributed by atoms with E-state index >= 15 is 0 Å². The van der Waals surface area contributed by atoms with E-state index in [0.717, 1.165) is 5.56 Å². The SMILES string of the molecule is N#CCOc1ccc(/C=C/C(=O)OCC(=O)Nc2cc(Cl)ccc2Cl)cc1. The third-order valence-electron chi connectivity index (χ3n) is 3.14. The van der Waals surface area contributed by atoms with E-state index in [1.54, 1.807) is 36.4 Å². The molecule has 0 fully saturated rings. The molecule has 1 N–H and O–H groups in total. The molecule has 0 aliphatic heterocycles. The van der Waals surface area contributed by atoms with Crippen LogP contribution in [0.25, 0.3) is 6.08 Å². The fraction of sp³-hybridized carbons (Fsp3) is 0.105. The number of amides is 1. The van der Waals surface area contributed by atoms with Gasteiger partial charge in [0, 0.05) is 11.1 Å². The Bertz CT molecular complexity index is 890. The number of carbonyl (C=O) groups is 2. The fourth-order valence-corrected chi connectivity index (χ4v) is 2.26. The summed E-state index contributed by atoms with van der Waals surface area (Å²) in [5.41, 5.74) is 1.06. The third-order valence-corrected chi connectivity index (χ3v) is 3.71. The molecule has 0 spiro atoms.